The quantitative estimate of drug-likeness (QED) is 0.530. The minimum Gasteiger partial charge on any atom is -0.340 e. The van der Waals surface area contributed by atoms with Crippen LogP contribution in [0.1, 0.15) is 46.7 Å². The summed E-state index contributed by atoms with van der Waals surface area (Å²) in [5, 5.41) is 3.24. The van der Waals surface area contributed by atoms with Gasteiger partial charge in [0.2, 0.25) is 0 Å². The predicted octanol–water partition coefficient (Wildman–Crippen LogP) is 4.81. The van der Waals surface area contributed by atoms with Gasteiger partial charge in [0, 0.05) is 6.20 Å². The number of nitrogens with zero attached hydrogens (tertiary/aromatic N) is 2. The molecule has 0 radical (unpaired) electrons. The Morgan fingerprint density at radius 3 is 2.14 bits per heavy atom. The lowest BCUT2D eigenvalue weighted by atomic mass is 9.98. The first-order chi connectivity index (χ1) is 13.8. The number of imidazole rings is 1. The van der Waals surface area contributed by atoms with E-state index in [1.54, 1.807) is 0 Å². The fourth-order valence-electron chi connectivity index (χ4n) is 3.55. The first kappa shape index (κ1) is 18.0. The molecule has 4 rings (SSSR count). The van der Waals surface area contributed by atoms with Crippen molar-refractivity contribution in [3.8, 4) is 0 Å². The lowest BCUT2D eigenvalue weighted by Gasteiger charge is -2.20. The highest BCUT2D eigenvalue weighted by Crippen LogP contribution is 2.23. The van der Waals surface area contributed by atoms with Crippen LogP contribution in [0.3, 0.4) is 0 Å². The third-order valence-electron chi connectivity index (χ3n) is 4.85. The van der Waals surface area contributed by atoms with Crippen LogP contribution in [-0.2, 0) is 6.42 Å². The molecule has 2 aromatic carbocycles. The van der Waals surface area contributed by atoms with Crippen molar-refractivity contribution in [2.24, 2.45) is 0 Å². The van der Waals surface area contributed by atoms with E-state index in [4.69, 9.17) is 0 Å². The molecule has 0 spiro atoms. The summed E-state index contributed by atoms with van der Waals surface area (Å²) in [6.45, 7) is 2.10. The lowest BCUT2D eigenvalue weighted by Crippen LogP contribution is -2.31. The van der Waals surface area contributed by atoms with Gasteiger partial charge in [-0.15, -0.1) is 0 Å². The van der Waals surface area contributed by atoms with E-state index in [0.29, 0.717) is 5.69 Å². The number of aryl methyl sites for hydroxylation is 1. The van der Waals surface area contributed by atoms with Gasteiger partial charge in [0.1, 0.15) is 11.3 Å². The Labute approximate surface area is 164 Å². The zero-order valence-corrected chi connectivity index (χ0v) is 15.9. The summed E-state index contributed by atoms with van der Waals surface area (Å²) in [7, 11) is 0. The van der Waals surface area contributed by atoms with Gasteiger partial charge in [-0.2, -0.15) is 0 Å². The Bertz CT molecular complexity index is 1030. The van der Waals surface area contributed by atoms with E-state index in [0.717, 1.165) is 35.3 Å². The number of aromatic nitrogens is 2. The maximum atomic E-state index is 13.4. The smallest absolute Gasteiger partial charge is 0.270 e. The van der Waals surface area contributed by atoms with Crippen LogP contribution in [0.4, 0.5) is 0 Å². The fourth-order valence-corrected chi connectivity index (χ4v) is 3.55. The molecule has 2 heterocycles. The number of carbonyl (C=O) groups excluding carboxylic acids is 1. The average Bonchev–Trinajstić information content (AvgIpc) is 3.11. The van der Waals surface area contributed by atoms with Crippen molar-refractivity contribution in [3.05, 3.63) is 108 Å². The lowest BCUT2D eigenvalue weighted by molar-refractivity contribution is 0.0936. The van der Waals surface area contributed by atoms with Crippen LogP contribution in [0, 0.1) is 0 Å². The van der Waals surface area contributed by atoms with Gasteiger partial charge >= 0.3 is 0 Å². The maximum Gasteiger partial charge on any atom is 0.270 e. The number of fused-ring (bicyclic) bond motifs is 1. The van der Waals surface area contributed by atoms with E-state index in [2.05, 4.69) is 17.2 Å². The normalized spacial score (nSPS) is 11.1. The molecule has 4 heteroatoms. The number of benzene rings is 2. The van der Waals surface area contributed by atoms with Crippen LogP contribution in [-0.4, -0.2) is 15.3 Å². The molecule has 1 N–H and O–H groups in total. The summed E-state index contributed by atoms with van der Waals surface area (Å²) >= 11 is 0. The van der Waals surface area contributed by atoms with Gasteiger partial charge in [-0.1, -0.05) is 80.1 Å². The van der Waals surface area contributed by atoms with Gasteiger partial charge in [-0.05, 0) is 29.7 Å². The first-order valence-electron chi connectivity index (χ1n) is 9.64. The zero-order valence-electron chi connectivity index (χ0n) is 15.9. The number of rotatable bonds is 6. The molecule has 0 bridgehead atoms. The predicted molar refractivity (Wildman–Crippen MR) is 111 cm³/mol. The molecule has 4 nitrogen and oxygen atoms in total. The second-order valence-electron chi connectivity index (χ2n) is 6.81. The molecule has 0 unspecified atom stereocenters. The van der Waals surface area contributed by atoms with Gasteiger partial charge in [0.25, 0.3) is 5.91 Å². The van der Waals surface area contributed by atoms with E-state index in [1.165, 1.54) is 0 Å². The first-order valence-corrected chi connectivity index (χ1v) is 9.64. The molecule has 28 heavy (non-hydrogen) atoms. The highest BCUT2D eigenvalue weighted by atomic mass is 16.2. The van der Waals surface area contributed by atoms with Crippen LogP contribution in [0.15, 0.2) is 85.1 Å². The van der Waals surface area contributed by atoms with E-state index in [9.17, 15) is 4.79 Å². The van der Waals surface area contributed by atoms with Crippen molar-refractivity contribution in [2.45, 2.75) is 25.8 Å². The van der Waals surface area contributed by atoms with Gasteiger partial charge in [-0.25, -0.2) is 4.98 Å². The third kappa shape index (κ3) is 3.54. The molecule has 0 aliphatic rings. The molecule has 0 aliphatic heterocycles. The minimum atomic E-state index is -0.223. The molecule has 4 aromatic rings. The molecule has 0 saturated carbocycles. The number of hydrogen-bond donors (Lipinski definition) is 1. The van der Waals surface area contributed by atoms with Gasteiger partial charge in [0.15, 0.2) is 0 Å². The number of amides is 1. The van der Waals surface area contributed by atoms with Crippen LogP contribution in [0.5, 0.6) is 0 Å². The third-order valence-corrected chi connectivity index (χ3v) is 4.85. The van der Waals surface area contributed by atoms with Crippen LogP contribution in [0.25, 0.3) is 5.65 Å². The monoisotopic (exact) mass is 369 g/mol. The van der Waals surface area contributed by atoms with Crippen molar-refractivity contribution < 1.29 is 4.79 Å². The maximum absolute atomic E-state index is 13.4. The fraction of sp³-hybridized carbons (Fsp3) is 0.167. The van der Waals surface area contributed by atoms with Crippen molar-refractivity contribution in [1.82, 2.24) is 14.7 Å². The minimum absolute atomic E-state index is 0.111. The van der Waals surface area contributed by atoms with E-state index in [1.807, 2.05) is 89.5 Å². The Balaban J connectivity index is 1.75. The topological polar surface area (TPSA) is 46.4 Å². The van der Waals surface area contributed by atoms with Gasteiger partial charge in [0.05, 0.1) is 11.7 Å². The number of pyridine rings is 1. The van der Waals surface area contributed by atoms with E-state index < -0.39 is 0 Å². The largest absolute Gasteiger partial charge is 0.340 e. The second kappa shape index (κ2) is 8.09. The molecule has 1 amide bonds. The molecular weight excluding hydrogens is 346 g/mol. The summed E-state index contributed by atoms with van der Waals surface area (Å²) < 4.78 is 1.88. The van der Waals surface area contributed by atoms with Crippen molar-refractivity contribution in [2.75, 3.05) is 0 Å². The SMILES string of the molecule is CCCc1nc2ccccn2c1C(=O)NC(c1ccccc1)c1ccccc1. The van der Waals surface area contributed by atoms with Crippen molar-refractivity contribution in [1.29, 1.82) is 0 Å². The number of hydrogen-bond acceptors (Lipinski definition) is 2. The molecule has 0 aliphatic carbocycles. The number of nitrogens with one attached hydrogen (secondary N) is 1. The molecule has 140 valence electrons. The van der Waals surface area contributed by atoms with Crippen molar-refractivity contribution in [3.63, 3.8) is 0 Å². The Morgan fingerprint density at radius 2 is 1.54 bits per heavy atom. The van der Waals surface area contributed by atoms with Crippen LogP contribution >= 0.6 is 0 Å². The Morgan fingerprint density at radius 1 is 0.929 bits per heavy atom. The average molecular weight is 369 g/mol. The van der Waals surface area contributed by atoms with Gasteiger partial charge in [-0.3, -0.25) is 9.20 Å². The van der Waals surface area contributed by atoms with Crippen molar-refractivity contribution >= 4 is 11.6 Å². The van der Waals surface area contributed by atoms with E-state index in [-0.39, 0.29) is 11.9 Å². The molecular formula is C24H23N3O. The molecule has 0 saturated heterocycles. The summed E-state index contributed by atoms with van der Waals surface area (Å²) in [5.74, 6) is -0.111. The Kier molecular flexibility index (Phi) is 5.20. The summed E-state index contributed by atoms with van der Waals surface area (Å²) in [5.41, 5.74) is 4.35. The van der Waals surface area contributed by atoms with Crippen LogP contribution < -0.4 is 5.32 Å². The zero-order chi connectivity index (χ0) is 19.3. The second-order valence-corrected chi connectivity index (χ2v) is 6.81. The van der Waals surface area contributed by atoms with Crippen LogP contribution in [0.2, 0.25) is 0 Å². The van der Waals surface area contributed by atoms with Gasteiger partial charge < -0.3 is 5.32 Å². The standard InChI is InChI=1S/C24H23N3O/c1-2-11-20-23(27-17-10-9-16-21(27)25-20)24(28)26-22(18-12-5-3-6-13-18)19-14-7-4-8-15-19/h3-10,12-17,22H,2,11H2,1H3,(H,26,28). The summed E-state index contributed by atoms with van der Waals surface area (Å²) in [4.78, 5) is 18.1. The summed E-state index contributed by atoms with van der Waals surface area (Å²) in [6.07, 6.45) is 3.60. The highest BCUT2D eigenvalue weighted by Gasteiger charge is 2.23. The van der Waals surface area contributed by atoms with E-state index >= 15 is 0 Å². The molecule has 0 fully saturated rings. The summed E-state index contributed by atoms with van der Waals surface area (Å²) in [6, 6.07) is 25.7. The molecule has 2 aromatic heterocycles. The highest BCUT2D eigenvalue weighted by molar-refractivity contribution is 5.95. The Hall–Kier alpha value is -3.40. The number of carbonyl (C=O) groups is 1. The molecule has 0 atom stereocenters.